The van der Waals surface area contributed by atoms with E-state index in [4.69, 9.17) is 4.84 Å². The normalized spacial score (nSPS) is 23.3. The number of aliphatic hydroxyl groups is 1. The summed E-state index contributed by atoms with van der Waals surface area (Å²) in [5, 5.41) is 11.7. The Morgan fingerprint density at radius 1 is 1.38 bits per heavy atom. The van der Waals surface area contributed by atoms with E-state index < -0.39 is 0 Å². The van der Waals surface area contributed by atoms with E-state index in [1.165, 1.54) is 0 Å². The molecule has 1 aliphatic heterocycles. The quantitative estimate of drug-likeness (QED) is 0.722. The van der Waals surface area contributed by atoms with Crippen molar-refractivity contribution in [3.05, 3.63) is 0 Å². The van der Waals surface area contributed by atoms with Crippen molar-refractivity contribution in [2.75, 3.05) is 19.7 Å². The molecule has 13 heavy (non-hydrogen) atoms. The van der Waals surface area contributed by atoms with Crippen LogP contribution < -0.4 is 0 Å². The molecule has 0 radical (unpaired) electrons. The van der Waals surface area contributed by atoms with Crippen LogP contribution in [0.3, 0.4) is 0 Å². The molecular weight excluding hydrogens is 166 g/mol. The maximum atomic E-state index is 9.64. The van der Waals surface area contributed by atoms with Crippen LogP contribution in [0.5, 0.6) is 0 Å². The molecule has 0 aromatic carbocycles. The van der Waals surface area contributed by atoms with Gasteiger partial charge < -0.3 is 5.11 Å². The summed E-state index contributed by atoms with van der Waals surface area (Å²) < 4.78 is 0. The molecule has 1 unspecified atom stereocenters. The Balaban J connectivity index is 2.22. The van der Waals surface area contributed by atoms with Crippen molar-refractivity contribution < 1.29 is 9.94 Å². The minimum Gasteiger partial charge on any atom is -0.393 e. The highest BCUT2D eigenvalue weighted by Crippen LogP contribution is 2.22. The SMILES string of the molecule is CCON1CCC(C(O)CC)CC1. The first kappa shape index (κ1) is 11.0. The molecule has 78 valence electrons. The van der Waals surface area contributed by atoms with E-state index in [0.29, 0.717) is 5.92 Å². The van der Waals surface area contributed by atoms with E-state index in [1.807, 2.05) is 18.9 Å². The molecule has 0 saturated carbocycles. The van der Waals surface area contributed by atoms with Crippen molar-refractivity contribution in [1.29, 1.82) is 0 Å². The Labute approximate surface area is 80.6 Å². The monoisotopic (exact) mass is 187 g/mol. The molecule has 3 nitrogen and oxygen atoms in total. The first-order valence-electron chi connectivity index (χ1n) is 5.33. The minimum absolute atomic E-state index is 0.108. The van der Waals surface area contributed by atoms with Gasteiger partial charge in [-0.1, -0.05) is 6.92 Å². The summed E-state index contributed by atoms with van der Waals surface area (Å²) in [5.41, 5.74) is 0. The van der Waals surface area contributed by atoms with Gasteiger partial charge in [0.25, 0.3) is 0 Å². The molecule has 1 aliphatic rings. The number of hydrogen-bond donors (Lipinski definition) is 1. The smallest absolute Gasteiger partial charge is 0.0656 e. The molecule has 0 bridgehead atoms. The molecule has 0 aromatic rings. The first-order chi connectivity index (χ1) is 6.27. The van der Waals surface area contributed by atoms with Crippen LogP contribution in [0.15, 0.2) is 0 Å². The standard InChI is InChI=1S/C10H21NO2/c1-3-10(12)9-5-7-11(8-6-9)13-4-2/h9-10,12H,3-8H2,1-2H3. The van der Waals surface area contributed by atoms with Crippen LogP contribution in [0, 0.1) is 5.92 Å². The van der Waals surface area contributed by atoms with E-state index in [1.54, 1.807) is 0 Å². The average Bonchev–Trinajstić information content (AvgIpc) is 2.18. The number of hydroxylamine groups is 2. The lowest BCUT2D eigenvalue weighted by atomic mass is 9.91. The van der Waals surface area contributed by atoms with Gasteiger partial charge in [-0.15, -0.1) is 0 Å². The van der Waals surface area contributed by atoms with E-state index in [9.17, 15) is 5.11 Å². The van der Waals surface area contributed by atoms with Crippen molar-refractivity contribution in [2.24, 2.45) is 5.92 Å². The highest BCUT2D eigenvalue weighted by atomic mass is 16.7. The fraction of sp³-hybridized carbons (Fsp3) is 1.00. The van der Waals surface area contributed by atoms with Gasteiger partial charge in [-0.25, -0.2) is 0 Å². The minimum atomic E-state index is -0.108. The maximum Gasteiger partial charge on any atom is 0.0656 e. The van der Waals surface area contributed by atoms with Gasteiger partial charge in [-0.2, -0.15) is 5.06 Å². The zero-order chi connectivity index (χ0) is 9.68. The molecular formula is C10H21NO2. The average molecular weight is 187 g/mol. The van der Waals surface area contributed by atoms with Gasteiger partial charge in [0.1, 0.15) is 0 Å². The molecule has 0 aromatic heterocycles. The Morgan fingerprint density at radius 3 is 2.46 bits per heavy atom. The fourth-order valence-corrected chi connectivity index (χ4v) is 1.91. The predicted molar refractivity (Wildman–Crippen MR) is 52.2 cm³/mol. The maximum absolute atomic E-state index is 9.64. The molecule has 1 rings (SSSR count). The van der Waals surface area contributed by atoms with Gasteiger partial charge in [0.2, 0.25) is 0 Å². The number of piperidine rings is 1. The molecule has 1 N–H and O–H groups in total. The lowest BCUT2D eigenvalue weighted by molar-refractivity contribution is -0.174. The van der Waals surface area contributed by atoms with Gasteiger partial charge in [0.05, 0.1) is 12.7 Å². The number of nitrogens with zero attached hydrogens (tertiary/aromatic N) is 1. The molecule has 1 saturated heterocycles. The van der Waals surface area contributed by atoms with Crippen LogP contribution in [-0.4, -0.2) is 36.0 Å². The third-order valence-electron chi connectivity index (χ3n) is 2.77. The van der Waals surface area contributed by atoms with Crippen LogP contribution >= 0.6 is 0 Å². The Morgan fingerprint density at radius 2 is 2.00 bits per heavy atom. The largest absolute Gasteiger partial charge is 0.393 e. The summed E-state index contributed by atoms with van der Waals surface area (Å²) in [4.78, 5) is 5.40. The number of rotatable bonds is 4. The second-order valence-electron chi connectivity index (χ2n) is 3.66. The summed E-state index contributed by atoms with van der Waals surface area (Å²) in [6, 6.07) is 0. The molecule has 1 heterocycles. The summed E-state index contributed by atoms with van der Waals surface area (Å²) in [6.45, 7) is 6.73. The Hall–Kier alpha value is -0.120. The van der Waals surface area contributed by atoms with Crippen molar-refractivity contribution in [2.45, 2.75) is 39.2 Å². The number of hydrogen-bond acceptors (Lipinski definition) is 3. The summed E-state index contributed by atoms with van der Waals surface area (Å²) in [5.74, 6) is 0.488. The second-order valence-corrected chi connectivity index (χ2v) is 3.66. The molecule has 1 atom stereocenters. The van der Waals surface area contributed by atoms with Crippen molar-refractivity contribution in [3.8, 4) is 0 Å². The topological polar surface area (TPSA) is 32.7 Å². The van der Waals surface area contributed by atoms with E-state index in [2.05, 4.69) is 0 Å². The second kappa shape index (κ2) is 5.58. The van der Waals surface area contributed by atoms with E-state index >= 15 is 0 Å². The molecule has 0 spiro atoms. The third-order valence-corrected chi connectivity index (χ3v) is 2.77. The van der Waals surface area contributed by atoms with Gasteiger partial charge >= 0.3 is 0 Å². The van der Waals surface area contributed by atoms with E-state index in [0.717, 1.165) is 39.0 Å². The molecule has 1 fully saturated rings. The summed E-state index contributed by atoms with van der Waals surface area (Å²) in [6.07, 6.45) is 2.90. The van der Waals surface area contributed by atoms with Gasteiger partial charge in [-0.3, -0.25) is 4.84 Å². The van der Waals surface area contributed by atoms with Crippen molar-refractivity contribution >= 4 is 0 Å². The van der Waals surface area contributed by atoms with Crippen LogP contribution in [-0.2, 0) is 4.84 Å². The lowest BCUT2D eigenvalue weighted by Gasteiger charge is -2.32. The molecule has 0 amide bonds. The molecule has 3 heteroatoms. The Bertz CT molecular complexity index is 133. The van der Waals surface area contributed by atoms with Crippen molar-refractivity contribution in [1.82, 2.24) is 5.06 Å². The Kier molecular flexibility index (Phi) is 4.70. The van der Waals surface area contributed by atoms with Crippen LogP contribution in [0.1, 0.15) is 33.1 Å². The highest BCUT2D eigenvalue weighted by Gasteiger charge is 2.24. The third kappa shape index (κ3) is 3.25. The predicted octanol–water partition coefficient (Wildman–Crippen LogP) is 1.42. The van der Waals surface area contributed by atoms with Gasteiger partial charge in [0.15, 0.2) is 0 Å². The van der Waals surface area contributed by atoms with Crippen LogP contribution in [0.25, 0.3) is 0 Å². The van der Waals surface area contributed by atoms with Crippen LogP contribution in [0.2, 0.25) is 0 Å². The van der Waals surface area contributed by atoms with E-state index in [-0.39, 0.29) is 6.10 Å². The van der Waals surface area contributed by atoms with Crippen molar-refractivity contribution in [3.63, 3.8) is 0 Å². The van der Waals surface area contributed by atoms with Crippen LogP contribution in [0.4, 0.5) is 0 Å². The lowest BCUT2D eigenvalue weighted by Crippen LogP contribution is -2.37. The zero-order valence-corrected chi connectivity index (χ0v) is 8.70. The van der Waals surface area contributed by atoms with Gasteiger partial charge in [-0.05, 0) is 32.1 Å². The molecule has 0 aliphatic carbocycles. The summed E-state index contributed by atoms with van der Waals surface area (Å²) in [7, 11) is 0. The fourth-order valence-electron chi connectivity index (χ4n) is 1.91. The highest BCUT2D eigenvalue weighted by molar-refractivity contribution is 4.73. The van der Waals surface area contributed by atoms with Gasteiger partial charge in [0, 0.05) is 13.1 Å². The summed E-state index contributed by atoms with van der Waals surface area (Å²) >= 11 is 0. The first-order valence-corrected chi connectivity index (χ1v) is 5.33. The number of aliphatic hydroxyl groups excluding tert-OH is 1. The zero-order valence-electron chi connectivity index (χ0n) is 8.70.